The lowest BCUT2D eigenvalue weighted by molar-refractivity contribution is 0.628. The number of imidazole rings is 1. The highest BCUT2D eigenvalue weighted by Crippen LogP contribution is 2.44. The molecule has 0 radical (unpaired) electrons. The Labute approximate surface area is 276 Å². The van der Waals surface area contributed by atoms with Gasteiger partial charge in [0.05, 0.1) is 16.7 Å². The van der Waals surface area contributed by atoms with Crippen molar-refractivity contribution in [2.75, 3.05) is 0 Å². The zero-order chi connectivity index (χ0) is 31.6. The minimum absolute atomic E-state index is 0.222. The third-order valence-electron chi connectivity index (χ3n) is 9.28. The van der Waals surface area contributed by atoms with Crippen LogP contribution in [-0.2, 0) is 0 Å². The van der Waals surface area contributed by atoms with E-state index >= 15 is 0 Å². The first-order valence-electron chi connectivity index (χ1n) is 15.8. The Morgan fingerprint density at radius 1 is 0.553 bits per heavy atom. The van der Waals surface area contributed by atoms with Crippen LogP contribution >= 0.6 is 11.3 Å². The first-order chi connectivity index (χ1) is 23.0. The molecule has 7 aromatic carbocycles. The Morgan fingerprint density at radius 2 is 1.23 bits per heavy atom. The van der Waals surface area contributed by atoms with E-state index in [2.05, 4.69) is 134 Å². The number of halogens is 1. The van der Waals surface area contributed by atoms with E-state index in [1.807, 2.05) is 23.5 Å². The largest absolute Gasteiger partial charge is 0.292 e. The zero-order valence-electron chi connectivity index (χ0n) is 26.0. The summed E-state index contributed by atoms with van der Waals surface area (Å²) in [6.07, 6.45) is 0. The van der Waals surface area contributed by atoms with Gasteiger partial charge in [-0.15, -0.1) is 11.3 Å². The number of rotatable bonds is 4. The molecule has 0 unspecified atom stereocenters. The number of thiophene rings is 1. The highest BCUT2D eigenvalue weighted by Gasteiger charge is 2.21. The monoisotopic (exact) mass is 624 g/mol. The average Bonchev–Trinajstić information content (AvgIpc) is 3.67. The van der Waals surface area contributed by atoms with Gasteiger partial charge >= 0.3 is 0 Å². The smallest absolute Gasteiger partial charge is 0.147 e. The highest BCUT2D eigenvalue weighted by atomic mass is 32.1. The van der Waals surface area contributed by atoms with Gasteiger partial charge in [0.15, 0.2) is 0 Å². The van der Waals surface area contributed by atoms with Crippen LogP contribution in [0.5, 0.6) is 0 Å². The zero-order valence-corrected chi connectivity index (χ0v) is 26.8. The lowest BCUT2D eigenvalue weighted by Crippen LogP contribution is -2.03. The molecule has 2 heterocycles. The third-order valence-corrected chi connectivity index (χ3v) is 10.6. The standard InChI is InChI=1S/C43H29FN2S/c1-26-23-32(28-9-4-3-5-10-28)24-27(2)40(26)46-39-14-7-6-13-38(39)45-43(46)37-12-8-11-35-36-22-18-31-25-30(29-15-19-33(44)20-16-29)17-21-34(31)41(36)47-42(35)37/h3-25H,1-2H3. The molecule has 224 valence electrons. The van der Waals surface area contributed by atoms with Gasteiger partial charge in [-0.2, -0.15) is 0 Å². The molecule has 47 heavy (non-hydrogen) atoms. The molecule has 2 aromatic heterocycles. The van der Waals surface area contributed by atoms with Gasteiger partial charge in [-0.05, 0) is 107 Å². The molecule has 0 saturated heterocycles. The molecule has 0 atom stereocenters. The summed E-state index contributed by atoms with van der Waals surface area (Å²) in [6, 6.07) is 47.9. The van der Waals surface area contributed by atoms with Crippen molar-refractivity contribution in [1.29, 1.82) is 0 Å². The fourth-order valence-corrected chi connectivity index (χ4v) is 8.47. The lowest BCUT2D eigenvalue weighted by Gasteiger charge is -2.17. The van der Waals surface area contributed by atoms with Crippen LogP contribution in [0, 0.1) is 19.7 Å². The maximum atomic E-state index is 13.6. The summed E-state index contributed by atoms with van der Waals surface area (Å²) in [4.78, 5) is 5.30. The number of aromatic nitrogens is 2. The summed E-state index contributed by atoms with van der Waals surface area (Å²) in [7, 11) is 0. The van der Waals surface area contributed by atoms with Gasteiger partial charge in [-0.25, -0.2) is 9.37 Å². The molecule has 4 heteroatoms. The number of nitrogens with zero attached hydrogens (tertiary/aromatic N) is 2. The molecule has 0 aliphatic rings. The van der Waals surface area contributed by atoms with Gasteiger partial charge in [0.2, 0.25) is 0 Å². The molecule has 0 spiro atoms. The minimum Gasteiger partial charge on any atom is -0.292 e. The van der Waals surface area contributed by atoms with Crippen molar-refractivity contribution in [3.8, 4) is 39.3 Å². The second kappa shape index (κ2) is 10.8. The van der Waals surface area contributed by atoms with E-state index in [9.17, 15) is 4.39 Å². The fraction of sp³-hybridized carbons (Fsp3) is 0.0465. The number of para-hydroxylation sites is 2. The summed E-state index contributed by atoms with van der Waals surface area (Å²) < 4.78 is 18.4. The molecule has 2 nitrogen and oxygen atoms in total. The Balaban J connectivity index is 1.26. The first kappa shape index (κ1) is 27.7. The van der Waals surface area contributed by atoms with Crippen LogP contribution in [0.4, 0.5) is 4.39 Å². The molecular formula is C43H29FN2S. The minimum atomic E-state index is -0.222. The quantitative estimate of drug-likeness (QED) is 0.190. The predicted octanol–water partition coefficient (Wildman–Crippen LogP) is 12.3. The Hall–Kier alpha value is -5.58. The molecule has 0 N–H and O–H groups in total. The van der Waals surface area contributed by atoms with Crippen LogP contribution < -0.4 is 0 Å². The maximum absolute atomic E-state index is 13.6. The van der Waals surface area contributed by atoms with Crippen molar-refractivity contribution in [1.82, 2.24) is 9.55 Å². The van der Waals surface area contributed by atoms with Gasteiger partial charge in [-0.3, -0.25) is 4.57 Å². The second-order valence-corrected chi connectivity index (χ2v) is 13.3. The first-order valence-corrected chi connectivity index (χ1v) is 16.6. The maximum Gasteiger partial charge on any atom is 0.147 e. The number of hydrogen-bond donors (Lipinski definition) is 0. The molecular weight excluding hydrogens is 596 g/mol. The van der Waals surface area contributed by atoms with Gasteiger partial charge in [0, 0.05) is 25.7 Å². The second-order valence-electron chi connectivity index (χ2n) is 12.3. The summed E-state index contributed by atoms with van der Waals surface area (Å²) in [5.41, 5.74) is 11.3. The summed E-state index contributed by atoms with van der Waals surface area (Å²) in [5, 5.41) is 4.87. The van der Waals surface area contributed by atoms with Crippen LogP contribution in [0.3, 0.4) is 0 Å². The Bertz CT molecular complexity index is 2620. The normalized spacial score (nSPS) is 11.7. The summed E-state index contributed by atoms with van der Waals surface area (Å²) in [6.45, 7) is 4.42. The van der Waals surface area contributed by atoms with Crippen LogP contribution in [0.25, 0.3) is 81.3 Å². The lowest BCUT2D eigenvalue weighted by atomic mass is 9.98. The third kappa shape index (κ3) is 4.48. The number of hydrogen-bond acceptors (Lipinski definition) is 2. The molecule has 0 saturated carbocycles. The molecule has 0 bridgehead atoms. The molecule has 0 aliphatic heterocycles. The average molecular weight is 625 g/mol. The van der Waals surface area contributed by atoms with E-state index in [-0.39, 0.29) is 5.82 Å². The fourth-order valence-electron chi connectivity index (χ4n) is 7.12. The van der Waals surface area contributed by atoms with Crippen LogP contribution in [-0.4, -0.2) is 9.55 Å². The topological polar surface area (TPSA) is 17.8 Å². The summed E-state index contributed by atoms with van der Waals surface area (Å²) in [5.74, 6) is 0.727. The summed E-state index contributed by atoms with van der Waals surface area (Å²) >= 11 is 1.84. The van der Waals surface area contributed by atoms with E-state index in [4.69, 9.17) is 4.98 Å². The number of benzene rings is 7. The molecule has 0 fully saturated rings. The predicted molar refractivity (Wildman–Crippen MR) is 197 cm³/mol. The van der Waals surface area contributed by atoms with Gasteiger partial charge in [0.25, 0.3) is 0 Å². The van der Waals surface area contributed by atoms with Gasteiger partial charge < -0.3 is 0 Å². The Morgan fingerprint density at radius 3 is 2.04 bits per heavy atom. The van der Waals surface area contributed by atoms with Crippen molar-refractivity contribution >= 4 is 53.3 Å². The van der Waals surface area contributed by atoms with E-state index in [1.165, 1.54) is 71.0 Å². The van der Waals surface area contributed by atoms with Gasteiger partial charge in [0.1, 0.15) is 11.6 Å². The van der Waals surface area contributed by atoms with Crippen molar-refractivity contribution in [3.05, 3.63) is 156 Å². The number of aryl methyl sites for hydroxylation is 2. The van der Waals surface area contributed by atoms with Gasteiger partial charge in [-0.1, -0.05) is 91.0 Å². The van der Waals surface area contributed by atoms with Crippen molar-refractivity contribution < 1.29 is 4.39 Å². The van der Waals surface area contributed by atoms with E-state index in [1.54, 1.807) is 0 Å². The molecule has 9 rings (SSSR count). The molecule has 0 aliphatic carbocycles. The van der Waals surface area contributed by atoms with Crippen LogP contribution in [0.2, 0.25) is 0 Å². The van der Waals surface area contributed by atoms with Crippen molar-refractivity contribution in [3.63, 3.8) is 0 Å². The SMILES string of the molecule is Cc1cc(-c2ccccc2)cc(C)c1-n1c(-c2cccc3c2sc2c4ccc(-c5ccc(F)cc5)cc4ccc32)nc2ccccc21. The highest BCUT2D eigenvalue weighted by molar-refractivity contribution is 7.27. The Kier molecular flexibility index (Phi) is 6.34. The van der Waals surface area contributed by atoms with Crippen LogP contribution in [0.1, 0.15) is 11.1 Å². The van der Waals surface area contributed by atoms with Crippen molar-refractivity contribution in [2.24, 2.45) is 0 Å². The van der Waals surface area contributed by atoms with Crippen molar-refractivity contribution in [2.45, 2.75) is 13.8 Å². The molecule has 9 aromatic rings. The van der Waals surface area contributed by atoms with E-state index < -0.39 is 0 Å². The van der Waals surface area contributed by atoms with E-state index in [0.29, 0.717) is 0 Å². The molecule has 0 amide bonds. The van der Waals surface area contributed by atoms with E-state index in [0.717, 1.165) is 33.5 Å². The number of fused-ring (bicyclic) bond motifs is 6. The van der Waals surface area contributed by atoms with Crippen LogP contribution in [0.15, 0.2) is 140 Å².